The molecule has 146 valence electrons. The summed E-state index contributed by atoms with van der Waals surface area (Å²) >= 11 is 0. The van der Waals surface area contributed by atoms with Crippen LogP contribution in [0.5, 0.6) is 0 Å². The summed E-state index contributed by atoms with van der Waals surface area (Å²) in [4.78, 5) is 21.4. The third kappa shape index (κ3) is 3.63. The summed E-state index contributed by atoms with van der Waals surface area (Å²) in [5, 5.41) is 2.79. The molecular weight excluding hydrogens is 378 g/mol. The van der Waals surface area contributed by atoms with E-state index in [1.54, 1.807) is 24.7 Å². The summed E-state index contributed by atoms with van der Waals surface area (Å²) in [6, 6.07) is 10.6. The minimum absolute atomic E-state index is 0.326. The van der Waals surface area contributed by atoms with Crippen LogP contribution in [0.25, 0.3) is 16.9 Å². The van der Waals surface area contributed by atoms with Gasteiger partial charge in [-0.3, -0.25) is 9.36 Å². The first-order valence-corrected chi connectivity index (χ1v) is 10.9. The van der Waals surface area contributed by atoms with Gasteiger partial charge in [0.2, 0.25) is 15.9 Å². The van der Waals surface area contributed by atoms with Gasteiger partial charge in [0.25, 0.3) is 0 Å². The zero-order valence-corrected chi connectivity index (χ0v) is 16.3. The van der Waals surface area contributed by atoms with E-state index in [-0.39, 0.29) is 5.91 Å². The van der Waals surface area contributed by atoms with Crippen molar-refractivity contribution >= 4 is 32.7 Å². The normalized spacial score (nSPS) is 18.2. The Labute approximate surface area is 163 Å². The number of nitrogens with zero attached hydrogens (tertiary/aromatic N) is 4. The highest BCUT2D eigenvalue weighted by molar-refractivity contribution is 7.88. The van der Waals surface area contributed by atoms with E-state index in [0.717, 1.165) is 30.1 Å². The molecular formula is C19H21N5O3S. The van der Waals surface area contributed by atoms with Gasteiger partial charge >= 0.3 is 0 Å². The minimum Gasteiger partial charge on any atom is -0.323 e. The van der Waals surface area contributed by atoms with Crippen molar-refractivity contribution in [2.24, 2.45) is 0 Å². The largest absolute Gasteiger partial charge is 0.323 e. The van der Waals surface area contributed by atoms with Crippen molar-refractivity contribution in [2.45, 2.75) is 25.3 Å². The molecule has 1 aromatic carbocycles. The number of carbonyl (C=O) groups excluding carboxylic acids is 1. The molecule has 8 nitrogen and oxygen atoms in total. The number of hydrogen-bond donors (Lipinski definition) is 1. The van der Waals surface area contributed by atoms with Crippen molar-refractivity contribution in [1.82, 2.24) is 18.8 Å². The number of anilines is 1. The average Bonchev–Trinajstić information content (AvgIpc) is 3.12. The lowest BCUT2D eigenvalue weighted by atomic mass is 10.0. The highest BCUT2D eigenvalue weighted by atomic mass is 32.2. The van der Waals surface area contributed by atoms with E-state index in [2.05, 4.69) is 15.3 Å². The van der Waals surface area contributed by atoms with Crippen LogP contribution in [0.3, 0.4) is 0 Å². The van der Waals surface area contributed by atoms with Crippen molar-refractivity contribution in [3.63, 3.8) is 0 Å². The molecule has 1 aliphatic heterocycles. The van der Waals surface area contributed by atoms with Gasteiger partial charge in [0, 0.05) is 6.54 Å². The molecule has 0 spiro atoms. The predicted molar refractivity (Wildman–Crippen MR) is 107 cm³/mol. The fourth-order valence-corrected chi connectivity index (χ4v) is 4.66. The fourth-order valence-electron chi connectivity index (χ4n) is 3.53. The first-order valence-electron chi connectivity index (χ1n) is 9.10. The summed E-state index contributed by atoms with van der Waals surface area (Å²) in [5.41, 5.74) is 2.34. The zero-order valence-electron chi connectivity index (χ0n) is 15.4. The Hall–Kier alpha value is -2.78. The molecule has 28 heavy (non-hydrogen) atoms. The second kappa shape index (κ2) is 7.33. The number of benzene rings is 1. The van der Waals surface area contributed by atoms with E-state index in [1.165, 1.54) is 4.31 Å². The number of sulfonamides is 1. The van der Waals surface area contributed by atoms with Crippen LogP contribution in [0.15, 0.2) is 48.9 Å². The third-order valence-electron chi connectivity index (χ3n) is 4.90. The maximum absolute atomic E-state index is 12.7. The van der Waals surface area contributed by atoms with Crippen LogP contribution >= 0.6 is 0 Å². The summed E-state index contributed by atoms with van der Waals surface area (Å²) in [5.74, 6) is 0.356. The van der Waals surface area contributed by atoms with Gasteiger partial charge in [-0.05, 0) is 37.1 Å². The first kappa shape index (κ1) is 18.6. The number of piperidine rings is 1. The van der Waals surface area contributed by atoms with Crippen LogP contribution in [-0.4, -0.2) is 52.0 Å². The molecule has 3 heterocycles. The minimum atomic E-state index is -3.42. The molecule has 2 aromatic heterocycles. The molecule has 1 amide bonds. The van der Waals surface area contributed by atoms with Crippen LogP contribution in [-0.2, 0) is 14.8 Å². The van der Waals surface area contributed by atoms with Gasteiger partial charge in [-0.25, -0.2) is 18.4 Å². The van der Waals surface area contributed by atoms with Crippen LogP contribution in [0.4, 0.5) is 5.69 Å². The van der Waals surface area contributed by atoms with Crippen molar-refractivity contribution in [3.05, 3.63) is 48.9 Å². The lowest BCUT2D eigenvalue weighted by molar-refractivity contribution is -0.120. The maximum Gasteiger partial charge on any atom is 0.242 e. The Balaban J connectivity index is 1.52. The second-order valence-electron chi connectivity index (χ2n) is 6.88. The van der Waals surface area contributed by atoms with Crippen LogP contribution < -0.4 is 5.32 Å². The van der Waals surface area contributed by atoms with Gasteiger partial charge in [-0.1, -0.05) is 18.6 Å². The van der Waals surface area contributed by atoms with E-state index in [9.17, 15) is 13.2 Å². The number of carbonyl (C=O) groups is 1. The number of imidazole rings is 1. The van der Waals surface area contributed by atoms with Gasteiger partial charge in [-0.15, -0.1) is 0 Å². The first-order chi connectivity index (χ1) is 13.4. The van der Waals surface area contributed by atoms with Gasteiger partial charge < -0.3 is 5.32 Å². The quantitative estimate of drug-likeness (QED) is 0.725. The van der Waals surface area contributed by atoms with E-state index in [0.29, 0.717) is 24.5 Å². The topological polar surface area (TPSA) is 97.2 Å². The molecule has 1 N–H and O–H groups in total. The van der Waals surface area contributed by atoms with Gasteiger partial charge in [0.1, 0.15) is 18.2 Å². The van der Waals surface area contributed by atoms with Crippen molar-refractivity contribution < 1.29 is 13.2 Å². The molecule has 1 atom stereocenters. The summed E-state index contributed by atoms with van der Waals surface area (Å²) in [6.45, 7) is 0.377. The highest BCUT2D eigenvalue weighted by Crippen LogP contribution is 2.22. The third-order valence-corrected chi connectivity index (χ3v) is 6.19. The maximum atomic E-state index is 12.7. The van der Waals surface area contributed by atoms with E-state index in [4.69, 9.17) is 0 Å². The molecule has 0 saturated carbocycles. The second-order valence-corrected chi connectivity index (χ2v) is 8.82. The molecule has 9 heteroatoms. The Morgan fingerprint density at radius 3 is 2.71 bits per heavy atom. The number of rotatable bonds is 4. The molecule has 0 aliphatic carbocycles. The highest BCUT2D eigenvalue weighted by Gasteiger charge is 2.34. The number of nitrogens with one attached hydrogen (secondary N) is 1. The smallest absolute Gasteiger partial charge is 0.242 e. The van der Waals surface area contributed by atoms with E-state index in [1.807, 2.05) is 28.8 Å². The van der Waals surface area contributed by atoms with Crippen molar-refractivity contribution in [1.29, 1.82) is 0 Å². The fraction of sp³-hybridized carbons (Fsp3) is 0.316. The lowest BCUT2D eigenvalue weighted by Gasteiger charge is -2.32. The van der Waals surface area contributed by atoms with Gasteiger partial charge in [0.15, 0.2) is 0 Å². The van der Waals surface area contributed by atoms with E-state index >= 15 is 0 Å². The van der Waals surface area contributed by atoms with Crippen molar-refractivity contribution in [2.75, 3.05) is 18.1 Å². The predicted octanol–water partition coefficient (Wildman–Crippen LogP) is 2.17. The molecule has 1 saturated heterocycles. The molecule has 3 aromatic rings. The van der Waals surface area contributed by atoms with E-state index < -0.39 is 16.1 Å². The number of para-hydroxylation sites is 2. The van der Waals surface area contributed by atoms with Gasteiger partial charge in [-0.2, -0.15) is 4.31 Å². The number of hydrogen-bond acceptors (Lipinski definition) is 5. The molecule has 0 radical (unpaired) electrons. The standard InChI is InChI=1S/C19H21N5O3S/c1-28(26,27)24-11-5-4-8-17(24)19(25)22-14-9-10-18(20-12-14)23-13-21-15-6-2-3-7-16(15)23/h2-3,6-7,9-10,12-13,17H,4-5,8,11H2,1H3,(H,22,25). The van der Waals surface area contributed by atoms with Crippen molar-refractivity contribution in [3.8, 4) is 5.82 Å². The molecule has 1 aliphatic rings. The van der Waals surface area contributed by atoms with Crippen LogP contribution in [0.2, 0.25) is 0 Å². The van der Waals surface area contributed by atoms with Gasteiger partial charge in [0.05, 0.1) is 29.2 Å². The summed E-state index contributed by atoms with van der Waals surface area (Å²) in [6.07, 6.45) is 6.53. The number of fused-ring (bicyclic) bond motifs is 1. The lowest BCUT2D eigenvalue weighted by Crippen LogP contribution is -2.49. The summed E-state index contributed by atoms with van der Waals surface area (Å²) in [7, 11) is -3.42. The number of pyridine rings is 1. The SMILES string of the molecule is CS(=O)(=O)N1CCCCC1C(=O)Nc1ccc(-n2cnc3ccccc32)nc1. The molecule has 0 bridgehead atoms. The number of aromatic nitrogens is 3. The Bertz CT molecular complexity index is 1110. The number of amides is 1. The molecule has 4 rings (SSSR count). The monoisotopic (exact) mass is 399 g/mol. The zero-order chi connectivity index (χ0) is 19.7. The molecule has 1 unspecified atom stereocenters. The average molecular weight is 399 g/mol. The van der Waals surface area contributed by atoms with Crippen LogP contribution in [0.1, 0.15) is 19.3 Å². The Morgan fingerprint density at radius 1 is 1.14 bits per heavy atom. The summed E-state index contributed by atoms with van der Waals surface area (Å²) < 4.78 is 27.1. The molecule has 1 fully saturated rings. The Kier molecular flexibility index (Phi) is 4.86. The van der Waals surface area contributed by atoms with Crippen LogP contribution in [0, 0.1) is 0 Å². The Morgan fingerprint density at radius 2 is 1.96 bits per heavy atom.